The average molecular weight is 471 g/mol. The lowest BCUT2D eigenvalue weighted by Crippen LogP contribution is -2.01. The van der Waals surface area contributed by atoms with Crippen LogP contribution in [-0.4, -0.2) is 27.2 Å². The fourth-order valence-electron chi connectivity index (χ4n) is 2.38. The molecule has 152 valence electrons. The Morgan fingerprint density at radius 1 is 1.23 bits per heavy atom. The van der Waals surface area contributed by atoms with Crippen molar-refractivity contribution >= 4 is 39.6 Å². The molecule has 0 atom stereocenters. The summed E-state index contributed by atoms with van der Waals surface area (Å²) in [6.07, 6.45) is 2.68. The Morgan fingerprint density at radius 3 is 2.63 bits per heavy atom. The Hall–Kier alpha value is -3.79. The zero-order chi connectivity index (χ0) is 21.5. The minimum absolute atomic E-state index is 0.108. The van der Waals surface area contributed by atoms with E-state index in [4.69, 9.17) is 9.84 Å². The molecule has 9 nitrogen and oxygen atoms in total. The highest BCUT2D eigenvalue weighted by molar-refractivity contribution is 9.10. The first-order chi connectivity index (χ1) is 14.4. The van der Waals surface area contributed by atoms with Gasteiger partial charge in [0.15, 0.2) is 0 Å². The van der Waals surface area contributed by atoms with Gasteiger partial charge in [-0.25, -0.2) is 9.78 Å². The summed E-state index contributed by atoms with van der Waals surface area (Å²) in [6, 6.07) is 14.6. The van der Waals surface area contributed by atoms with Gasteiger partial charge < -0.3 is 9.84 Å². The van der Waals surface area contributed by atoms with Crippen LogP contribution >= 0.6 is 15.9 Å². The van der Waals surface area contributed by atoms with Crippen molar-refractivity contribution in [3.05, 3.63) is 92.1 Å². The van der Waals surface area contributed by atoms with Gasteiger partial charge in [0.1, 0.15) is 24.4 Å². The van der Waals surface area contributed by atoms with Gasteiger partial charge in [0.25, 0.3) is 5.69 Å². The number of nitrogens with zero attached hydrogens (tertiary/aromatic N) is 3. The van der Waals surface area contributed by atoms with E-state index >= 15 is 0 Å². The summed E-state index contributed by atoms with van der Waals surface area (Å²) >= 11 is 3.40. The van der Waals surface area contributed by atoms with E-state index in [0.29, 0.717) is 17.1 Å². The van der Waals surface area contributed by atoms with Gasteiger partial charge in [-0.1, -0.05) is 28.1 Å². The van der Waals surface area contributed by atoms with Crippen molar-refractivity contribution in [1.29, 1.82) is 0 Å². The van der Waals surface area contributed by atoms with Gasteiger partial charge in [-0.15, -0.1) is 0 Å². The molecule has 0 spiro atoms. The van der Waals surface area contributed by atoms with Crippen molar-refractivity contribution in [3.63, 3.8) is 0 Å². The van der Waals surface area contributed by atoms with E-state index in [9.17, 15) is 14.9 Å². The maximum Gasteiger partial charge on any atom is 0.335 e. The molecular formula is C20H15BrN4O5. The number of pyridine rings is 1. The van der Waals surface area contributed by atoms with Gasteiger partial charge in [0.2, 0.25) is 0 Å². The molecule has 3 aromatic rings. The number of hydrogen-bond acceptors (Lipinski definition) is 7. The minimum atomic E-state index is -0.983. The minimum Gasteiger partial charge on any atom is -0.488 e. The highest BCUT2D eigenvalue weighted by Gasteiger charge is 2.07. The molecule has 0 radical (unpaired) electrons. The third-order valence-corrected chi connectivity index (χ3v) is 4.40. The molecule has 0 unspecified atom stereocenters. The summed E-state index contributed by atoms with van der Waals surface area (Å²) < 4.78 is 6.67. The van der Waals surface area contributed by atoms with E-state index in [0.717, 1.165) is 16.2 Å². The standard InChI is InChI=1S/C20H15BrN4O5/c21-16-5-7-18(30-12-13-1-3-14(4-2-13)20(26)27)15(9-16)10-23-24-19-8-6-17(11-22-19)25(28)29/h1-11H,12H2,(H,22,24)(H,26,27)/b23-10+. The summed E-state index contributed by atoms with van der Waals surface area (Å²) in [5.41, 5.74) is 4.31. The number of carboxylic acids is 1. The van der Waals surface area contributed by atoms with Crippen LogP contribution in [0.2, 0.25) is 0 Å². The van der Waals surface area contributed by atoms with Gasteiger partial charge in [-0.05, 0) is 42.0 Å². The molecule has 2 N–H and O–H groups in total. The van der Waals surface area contributed by atoms with E-state index in [2.05, 4.69) is 31.4 Å². The number of halogens is 1. The molecule has 1 aromatic heterocycles. The van der Waals surface area contributed by atoms with Crippen LogP contribution in [0.3, 0.4) is 0 Å². The van der Waals surface area contributed by atoms with Crippen molar-refractivity contribution < 1.29 is 19.6 Å². The van der Waals surface area contributed by atoms with E-state index < -0.39 is 10.9 Å². The summed E-state index contributed by atoms with van der Waals surface area (Å²) in [5.74, 6) is -0.0561. The van der Waals surface area contributed by atoms with Crippen LogP contribution in [0.4, 0.5) is 11.5 Å². The maximum absolute atomic E-state index is 10.9. The largest absolute Gasteiger partial charge is 0.488 e. The zero-order valence-electron chi connectivity index (χ0n) is 15.4. The first-order valence-electron chi connectivity index (χ1n) is 8.56. The first-order valence-corrected chi connectivity index (χ1v) is 9.36. The van der Waals surface area contributed by atoms with Crippen molar-refractivity contribution in [2.45, 2.75) is 6.61 Å². The van der Waals surface area contributed by atoms with E-state index in [1.165, 1.54) is 30.5 Å². The maximum atomic E-state index is 10.9. The van der Waals surface area contributed by atoms with Gasteiger partial charge in [0.05, 0.1) is 16.7 Å². The van der Waals surface area contributed by atoms with E-state index in [1.807, 2.05) is 12.1 Å². The highest BCUT2D eigenvalue weighted by atomic mass is 79.9. The Bertz CT molecular complexity index is 1090. The predicted octanol–water partition coefficient (Wildman–Crippen LogP) is 4.48. The van der Waals surface area contributed by atoms with Crippen LogP contribution in [-0.2, 0) is 6.61 Å². The molecule has 30 heavy (non-hydrogen) atoms. The number of nitro groups is 1. The average Bonchev–Trinajstić information content (AvgIpc) is 2.74. The number of ether oxygens (including phenoxy) is 1. The monoisotopic (exact) mass is 470 g/mol. The number of aromatic nitrogens is 1. The molecule has 0 aliphatic carbocycles. The topological polar surface area (TPSA) is 127 Å². The SMILES string of the molecule is O=C(O)c1ccc(COc2ccc(Br)cc2/C=N/Nc2ccc([N+](=O)[O-])cn2)cc1. The van der Waals surface area contributed by atoms with Gasteiger partial charge in [0, 0.05) is 16.1 Å². The smallest absolute Gasteiger partial charge is 0.335 e. The Balaban J connectivity index is 1.67. The fourth-order valence-corrected chi connectivity index (χ4v) is 2.76. The molecular weight excluding hydrogens is 456 g/mol. The molecule has 1 heterocycles. The number of hydrazone groups is 1. The van der Waals surface area contributed by atoms with Crippen LogP contribution < -0.4 is 10.2 Å². The molecule has 0 saturated carbocycles. The van der Waals surface area contributed by atoms with E-state index in [1.54, 1.807) is 18.2 Å². The van der Waals surface area contributed by atoms with Gasteiger partial charge in [-0.2, -0.15) is 5.10 Å². The Labute approximate surface area is 179 Å². The van der Waals surface area contributed by atoms with Crippen LogP contribution in [0.5, 0.6) is 5.75 Å². The molecule has 0 aliphatic heterocycles. The highest BCUT2D eigenvalue weighted by Crippen LogP contribution is 2.23. The number of carboxylic acid groups (broad SMARTS) is 1. The quantitative estimate of drug-likeness (QED) is 0.282. The first kappa shape index (κ1) is 20.9. The fraction of sp³-hybridized carbons (Fsp3) is 0.0500. The van der Waals surface area contributed by atoms with Crippen LogP contribution in [0, 0.1) is 10.1 Å². The summed E-state index contributed by atoms with van der Waals surface area (Å²) in [5, 5.41) is 23.7. The van der Waals surface area contributed by atoms with Crippen molar-refractivity contribution in [1.82, 2.24) is 4.98 Å². The summed E-state index contributed by atoms with van der Waals surface area (Å²) in [6.45, 7) is 0.250. The van der Waals surface area contributed by atoms with Crippen molar-refractivity contribution in [2.75, 3.05) is 5.43 Å². The van der Waals surface area contributed by atoms with Crippen molar-refractivity contribution in [2.24, 2.45) is 5.10 Å². The van der Waals surface area contributed by atoms with E-state index in [-0.39, 0.29) is 17.9 Å². The van der Waals surface area contributed by atoms with Crippen LogP contribution in [0.1, 0.15) is 21.5 Å². The number of benzene rings is 2. The summed E-state index contributed by atoms with van der Waals surface area (Å²) in [7, 11) is 0. The normalized spacial score (nSPS) is 10.7. The molecule has 2 aromatic carbocycles. The lowest BCUT2D eigenvalue weighted by molar-refractivity contribution is -0.385. The van der Waals surface area contributed by atoms with Crippen LogP contribution in [0.15, 0.2) is 70.4 Å². The number of hydrogen-bond donors (Lipinski definition) is 2. The van der Waals surface area contributed by atoms with Crippen LogP contribution in [0.25, 0.3) is 0 Å². The predicted molar refractivity (Wildman–Crippen MR) is 114 cm³/mol. The molecule has 0 fully saturated rings. The second-order valence-electron chi connectivity index (χ2n) is 6.00. The zero-order valence-corrected chi connectivity index (χ0v) is 16.9. The number of anilines is 1. The second kappa shape index (κ2) is 9.61. The lowest BCUT2D eigenvalue weighted by atomic mass is 10.1. The molecule has 0 aliphatic rings. The third-order valence-electron chi connectivity index (χ3n) is 3.91. The second-order valence-corrected chi connectivity index (χ2v) is 6.92. The number of rotatable bonds is 8. The Morgan fingerprint density at radius 2 is 2.00 bits per heavy atom. The third kappa shape index (κ3) is 5.61. The number of carbonyl (C=O) groups is 1. The van der Waals surface area contributed by atoms with Crippen molar-refractivity contribution in [3.8, 4) is 5.75 Å². The molecule has 0 saturated heterocycles. The van der Waals surface area contributed by atoms with Gasteiger partial charge >= 0.3 is 5.97 Å². The molecule has 10 heteroatoms. The lowest BCUT2D eigenvalue weighted by Gasteiger charge is -2.10. The molecule has 0 bridgehead atoms. The number of aromatic carboxylic acids is 1. The molecule has 0 amide bonds. The van der Waals surface area contributed by atoms with Gasteiger partial charge in [-0.3, -0.25) is 15.5 Å². The summed E-state index contributed by atoms with van der Waals surface area (Å²) in [4.78, 5) is 25.0. The number of nitrogens with one attached hydrogen (secondary N) is 1. The Kier molecular flexibility index (Phi) is 6.71. The molecule has 3 rings (SSSR count).